The molecule has 2 aliphatic carbocycles. The fraction of sp³-hybridized carbons (Fsp3) is 0.571. The van der Waals surface area contributed by atoms with Gasteiger partial charge >= 0.3 is 0 Å². The van der Waals surface area contributed by atoms with Crippen molar-refractivity contribution in [2.45, 2.75) is 81.7 Å². The molecular formula is C21H28N4OS. The van der Waals surface area contributed by atoms with Crippen LogP contribution in [-0.4, -0.2) is 25.9 Å². The van der Waals surface area contributed by atoms with E-state index in [2.05, 4.69) is 46.1 Å². The number of amides is 1. The van der Waals surface area contributed by atoms with Crippen molar-refractivity contribution in [3.8, 4) is 0 Å². The third-order valence-corrected chi connectivity index (χ3v) is 6.43. The van der Waals surface area contributed by atoms with Crippen molar-refractivity contribution in [1.29, 1.82) is 0 Å². The molecule has 0 bridgehead atoms. The highest BCUT2D eigenvalue weighted by molar-refractivity contribution is 8.00. The highest BCUT2D eigenvalue weighted by Crippen LogP contribution is 2.46. The molecule has 1 atom stereocenters. The standard InChI is InChI=1S/C21H28N4OS/c1-12(2)17-7-5-6-13(3)18(17)22-20(26)14(4)27-21-24-23-19(15-8-9-15)25(21)16-10-11-16/h5-7,12,14-16H,8-11H2,1-4H3,(H,22,26). The highest BCUT2D eigenvalue weighted by atomic mass is 32.2. The van der Waals surface area contributed by atoms with Crippen molar-refractivity contribution in [3.05, 3.63) is 35.2 Å². The molecule has 2 fully saturated rings. The molecule has 1 aromatic heterocycles. The number of carbonyl (C=O) groups is 1. The van der Waals surface area contributed by atoms with Crippen LogP contribution in [0.15, 0.2) is 23.4 Å². The van der Waals surface area contributed by atoms with Crippen molar-refractivity contribution in [3.63, 3.8) is 0 Å². The molecule has 4 rings (SSSR count). The van der Waals surface area contributed by atoms with E-state index in [1.807, 2.05) is 19.9 Å². The third-order valence-electron chi connectivity index (χ3n) is 5.37. The van der Waals surface area contributed by atoms with E-state index >= 15 is 0 Å². The molecule has 2 aliphatic rings. The summed E-state index contributed by atoms with van der Waals surface area (Å²) in [5.74, 6) is 2.10. The first-order valence-corrected chi connectivity index (χ1v) is 10.9. The van der Waals surface area contributed by atoms with Crippen LogP contribution < -0.4 is 5.32 Å². The van der Waals surface area contributed by atoms with E-state index in [0.717, 1.165) is 22.2 Å². The lowest BCUT2D eigenvalue weighted by molar-refractivity contribution is -0.115. The zero-order valence-corrected chi connectivity index (χ0v) is 17.3. The maximum Gasteiger partial charge on any atom is 0.237 e. The predicted molar refractivity (Wildman–Crippen MR) is 109 cm³/mol. The van der Waals surface area contributed by atoms with Gasteiger partial charge < -0.3 is 9.88 Å². The van der Waals surface area contributed by atoms with E-state index in [1.54, 1.807) is 0 Å². The van der Waals surface area contributed by atoms with Crippen LogP contribution in [-0.2, 0) is 4.79 Å². The van der Waals surface area contributed by atoms with Gasteiger partial charge in [-0.1, -0.05) is 43.8 Å². The Morgan fingerprint density at radius 3 is 2.56 bits per heavy atom. The molecule has 5 nitrogen and oxygen atoms in total. The van der Waals surface area contributed by atoms with Gasteiger partial charge in [-0.2, -0.15) is 0 Å². The Balaban J connectivity index is 1.50. The summed E-state index contributed by atoms with van der Waals surface area (Å²) in [7, 11) is 0. The molecule has 0 radical (unpaired) electrons. The zero-order chi connectivity index (χ0) is 19.1. The van der Waals surface area contributed by atoms with E-state index in [-0.39, 0.29) is 11.2 Å². The van der Waals surface area contributed by atoms with Crippen molar-refractivity contribution in [2.24, 2.45) is 0 Å². The Morgan fingerprint density at radius 2 is 1.93 bits per heavy atom. The summed E-state index contributed by atoms with van der Waals surface area (Å²) >= 11 is 1.53. The maximum absolute atomic E-state index is 12.9. The number of hydrogen-bond acceptors (Lipinski definition) is 4. The minimum Gasteiger partial charge on any atom is -0.325 e. The predicted octanol–water partition coefficient (Wildman–Crippen LogP) is 5.04. The van der Waals surface area contributed by atoms with Crippen LogP contribution in [0.2, 0.25) is 0 Å². The highest BCUT2D eigenvalue weighted by Gasteiger charge is 2.37. The minimum absolute atomic E-state index is 0.0227. The lowest BCUT2D eigenvalue weighted by Gasteiger charge is -2.18. The van der Waals surface area contributed by atoms with Gasteiger partial charge in [0.05, 0.1) is 5.25 Å². The number of rotatable bonds is 7. The number of benzene rings is 1. The molecule has 1 unspecified atom stereocenters. The van der Waals surface area contributed by atoms with Gasteiger partial charge in [-0.05, 0) is 56.6 Å². The second-order valence-electron chi connectivity index (χ2n) is 8.16. The SMILES string of the molecule is Cc1cccc(C(C)C)c1NC(=O)C(C)Sc1nnc(C2CC2)n1C1CC1. The fourth-order valence-electron chi connectivity index (χ4n) is 3.44. The minimum atomic E-state index is -0.224. The van der Waals surface area contributed by atoms with Gasteiger partial charge in [0.2, 0.25) is 5.91 Å². The van der Waals surface area contributed by atoms with Gasteiger partial charge in [-0.15, -0.1) is 10.2 Å². The van der Waals surface area contributed by atoms with Crippen LogP contribution in [0.1, 0.15) is 81.3 Å². The van der Waals surface area contributed by atoms with Crippen LogP contribution in [0.3, 0.4) is 0 Å². The number of aryl methyl sites for hydroxylation is 1. The summed E-state index contributed by atoms with van der Waals surface area (Å²) in [6, 6.07) is 6.73. The molecule has 144 valence electrons. The molecular weight excluding hydrogens is 356 g/mol. The normalized spacial score (nSPS) is 18.0. The average molecular weight is 385 g/mol. The first-order chi connectivity index (χ1) is 13.0. The average Bonchev–Trinajstić information content (AvgIpc) is 3.55. The number of carbonyl (C=O) groups excluding carboxylic acids is 1. The zero-order valence-electron chi connectivity index (χ0n) is 16.5. The lowest BCUT2D eigenvalue weighted by Crippen LogP contribution is -2.24. The smallest absolute Gasteiger partial charge is 0.237 e. The van der Waals surface area contributed by atoms with Gasteiger partial charge in [-0.25, -0.2) is 0 Å². The van der Waals surface area contributed by atoms with Crippen molar-refractivity contribution in [1.82, 2.24) is 14.8 Å². The summed E-state index contributed by atoms with van der Waals surface area (Å²) in [6.45, 7) is 8.31. The number of para-hydroxylation sites is 1. The number of nitrogens with zero attached hydrogens (tertiary/aromatic N) is 3. The van der Waals surface area contributed by atoms with Crippen molar-refractivity contribution < 1.29 is 4.79 Å². The van der Waals surface area contributed by atoms with Crippen LogP contribution in [0.4, 0.5) is 5.69 Å². The summed E-state index contributed by atoms with van der Waals surface area (Å²) < 4.78 is 2.30. The number of aromatic nitrogens is 3. The molecule has 0 saturated heterocycles. The van der Waals surface area contributed by atoms with Gasteiger partial charge in [0.15, 0.2) is 5.16 Å². The van der Waals surface area contributed by atoms with Crippen molar-refractivity contribution in [2.75, 3.05) is 5.32 Å². The number of thioether (sulfide) groups is 1. The number of nitrogens with one attached hydrogen (secondary N) is 1. The van der Waals surface area contributed by atoms with E-state index in [1.165, 1.54) is 43.0 Å². The van der Waals surface area contributed by atoms with Gasteiger partial charge in [-0.3, -0.25) is 4.79 Å². The first kappa shape index (κ1) is 18.5. The number of hydrogen-bond donors (Lipinski definition) is 1. The molecule has 0 aliphatic heterocycles. The Labute approximate surface area is 165 Å². The second kappa shape index (κ2) is 7.30. The van der Waals surface area contributed by atoms with E-state index in [4.69, 9.17) is 0 Å². The summed E-state index contributed by atoms with van der Waals surface area (Å²) in [6.07, 6.45) is 4.84. The molecule has 1 aromatic carbocycles. The molecule has 6 heteroatoms. The lowest BCUT2D eigenvalue weighted by atomic mass is 9.98. The van der Waals surface area contributed by atoms with Gasteiger partial charge in [0, 0.05) is 17.6 Å². The fourth-order valence-corrected chi connectivity index (χ4v) is 4.37. The largest absolute Gasteiger partial charge is 0.325 e. The third kappa shape index (κ3) is 3.91. The molecule has 1 amide bonds. The Hall–Kier alpha value is -1.82. The van der Waals surface area contributed by atoms with Crippen LogP contribution >= 0.6 is 11.8 Å². The Bertz CT molecular complexity index is 852. The molecule has 1 heterocycles. The van der Waals surface area contributed by atoms with Crippen molar-refractivity contribution >= 4 is 23.4 Å². The van der Waals surface area contributed by atoms with Crippen LogP contribution in [0, 0.1) is 6.92 Å². The second-order valence-corrected chi connectivity index (χ2v) is 9.47. The summed E-state index contributed by atoms with van der Waals surface area (Å²) in [5.41, 5.74) is 3.23. The molecule has 2 saturated carbocycles. The molecule has 1 N–H and O–H groups in total. The van der Waals surface area contributed by atoms with Gasteiger partial charge in [0.1, 0.15) is 5.82 Å². The molecule has 0 spiro atoms. The van der Waals surface area contributed by atoms with Crippen LogP contribution in [0.5, 0.6) is 0 Å². The monoisotopic (exact) mass is 384 g/mol. The first-order valence-electron chi connectivity index (χ1n) is 9.97. The molecule has 2 aromatic rings. The quantitative estimate of drug-likeness (QED) is 0.679. The summed E-state index contributed by atoms with van der Waals surface area (Å²) in [5, 5.41) is 12.7. The van der Waals surface area contributed by atoms with E-state index in [0.29, 0.717) is 17.9 Å². The Morgan fingerprint density at radius 1 is 1.19 bits per heavy atom. The summed E-state index contributed by atoms with van der Waals surface area (Å²) in [4.78, 5) is 12.9. The topological polar surface area (TPSA) is 59.8 Å². The van der Waals surface area contributed by atoms with E-state index in [9.17, 15) is 4.79 Å². The number of anilines is 1. The molecule has 27 heavy (non-hydrogen) atoms. The van der Waals surface area contributed by atoms with Gasteiger partial charge in [0.25, 0.3) is 0 Å². The Kier molecular flexibility index (Phi) is 5.01. The van der Waals surface area contributed by atoms with Crippen LogP contribution in [0.25, 0.3) is 0 Å². The maximum atomic E-state index is 12.9. The van der Waals surface area contributed by atoms with E-state index < -0.39 is 0 Å².